The Hall–Kier alpha value is -3.31. The summed E-state index contributed by atoms with van der Waals surface area (Å²) in [6.45, 7) is 0.379. The maximum atomic E-state index is 12.5. The van der Waals surface area contributed by atoms with Gasteiger partial charge in [0.1, 0.15) is 5.75 Å². The first-order valence-corrected chi connectivity index (χ1v) is 9.10. The topological polar surface area (TPSA) is 67.4 Å². The first-order valence-electron chi connectivity index (χ1n) is 8.73. The van der Waals surface area contributed by atoms with Gasteiger partial charge < -0.3 is 15.4 Å². The molecule has 6 heteroatoms. The van der Waals surface area contributed by atoms with E-state index in [1.54, 1.807) is 49.6 Å². The lowest BCUT2D eigenvalue weighted by Gasteiger charge is -2.15. The first-order chi connectivity index (χ1) is 13.6. The summed E-state index contributed by atoms with van der Waals surface area (Å²) >= 11 is 6.07. The van der Waals surface area contributed by atoms with E-state index < -0.39 is 0 Å². The van der Waals surface area contributed by atoms with Crippen LogP contribution < -0.4 is 15.4 Å². The molecule has 2 N–H and O–H groups in total. The van der Waals surface area contributed by atoms with Crippen LogP contribution in [0.5, 0.6) is 5.75 Å². The van der Waals surface area contributed by atoms with Crippen molar-refractivity contribution in [2.45, 2.75) is 6.54 Å². The number of carbonyl (C=O) groups is 2. The predicted molar refractivity (Wildman–Crippen MR) is 109 cm³/mol. The Bertz CT molecular complexity index is 1080. The Kier molecular flexibility index (Phi) is 4.75. The standard InChI is InChI=1S/C22H17ClN2O3/c1-28-19-11-14(23)7-8-16(19)15-9-10-18(20-17(15)12-24-22(20)27)25-21(26)13-5-3-2-4-6-13/h2-11H,12H2,1H3,(H,24,27)(H,25,26). The van der Waals surface area contributed by atoms with Crippen LogP contribution >= 0.6 is 11.6 Å². The Morgan fingerprint density at radius 2 is 1.82 bits per heavy atom. The zero-order valence-electron chi connectivity index (χ0n) is 15.1. The van der Waals surface area contributed by atoms with Crippen LogP contribution in [0.1, 0.15) is 26.3 Å². The fourth-order valence-corrected chi connectivity index (χ4v) is 3.54. The van der Waals surface area contributed by atoms with Gasteiger partial charge in [0.15, 0.2) is 0 Å². The molecule has 3 aromatic carbocycles. The molecule has 0 saturated carbocycles. The van der Waals surface area contributed by atoms with Crippen molar-refractivity contribution in [3.8, 4) is 16.9 Å². The van der Waals surface area contributed by atoms with Gasteiger partial charge in [0.2, 0.25) is 0 Å². The van der Waals surface area contributed by atoms with Gasteiger partial charge in [-0.15, -0.1) is 0 Å². The van der Waals surface area contributed by atoms with Gasteiger partial charge in [-0.05, 0) is 47.5 Å². The minimum absolute atomic E-state index is 0.215. The summed E-state index contributed by atoms with van der Waals surface area (Å²) < 4.78 is 5.46. The lowest BCUT2D eigenvalue weighted by molar-refractivity contribution is 0.0966. The predicted octanol–water partition coefficient (Wildman–Crippen LogP) is 4.51. The molecule has 2 amide bonds. The highest BCUT2D eigenvalue weighted by Crippen LogP contribution is 2.39. The fourth-order valence-electron chi connectivity index (χ4n) is 3.38. The van der Waals surface area contributed by atoms with Crippen LogP contribution in [0.25, 0.3) is 11.1 Å². The van der Waals surface area contributed by atoms with E-state index >= 15 is 0 Å². The molecule has 28 heavy (non-hydrogen) atoms. The van der Waals surface area contributed by atoms with Crippen LogP contribution in [-0.2, 0) is 6.54 Å². The monoisotopic (exact) mass is 392 g/mol. The first kappa shape index (κ1) is 18.1. The van der Waals surface area contributed by atoms with Gasteiger partial charge in [-0.25, -0.2) is 0 Å². The van der Waals surface area contributed by atoms with Gasteiger partial charge in [-0.2, -0.15) is 0 Å². The Morgan fingerprint density at radius 1 is 1.07 bits per heavy atom. The SMILES string of the molecule is COc1cc(Cl)ccc1-c1ccc(NC(=O)c2ccccc2)c2c1CNC2=O. The molecule has 0 aromatic heterocycles. The van der Waals surface area contributed by atoms with Gasteiger partial charge >= 0.3 is 0 Å². The molecule has 3 aromatic rings. The maximum Gasteiger partial charge on any atom is 0.255 e. The molecule has 0 spiro atoms. The van der Waals surface area contributed by atoms with Gasteiger partial charge in [-0.3, -0.25) is 9.59 Å². The molecule has 0 saturated heterocycles. The Balaban J connectivity index is 1.78. The second kappa shape index (κ2) is 7.37. The summed E-state index contributed by atoms with van der Waals surface area (Å²) in [5, 5.41) is 6.26. The van der Waals surface area contributed by atoms with Gasteiger partial charge in [0.25, 0.3) is 11.8 Å². The normalized spacial score (nSPS) is 12.3. The van der Waals surface area contributed by atoms with Crippen molar-refractivity contribution >= 4 is 29.1 Å². The largest absolute Gasteiger partial charge is 0.496 e. The van der Waals surface area contributed by atoms with Crippen molar-refractivity contribution in [1.82, 2.24) is 5.32 Å². The molecule has 1 aliphatic heterocycles. The third-order valence-electron chi connectivity index (χ3n) is 4.70. The van der Waals surface area contributed by atoms with E-state index in [2.05, 4.69) is 10.6 Å². The van der Waals surface area contributed by atoms with Crippen LogP contribution in [0.3, 0.4) is 0 Å². The zero-order valence-corrected chi connectivity index (χ0v) is 15.8. The molecule has 0 bridgehead atoms. The maximum absolute atomic E-state index is 12.5. The van der Waals surface area contributed by atoms with Crippen LogP contribution in [-0.4, -0.2) is 18.9 Å². The van der Waals surface area contributed by atoms with E-state index in [1.165, 1.54) is 0 Å². The summed E-state index contributed by atoms with van der Waals surface area (Å²) in [5.41, 5.74) is 3.99. The van der Waals surface area contributed by atoms with Crippen molar-refractivity contribution in [1.29, 1.82) is 0 Å². The number of amides is 2. The van der Waals surface area contributed by atoms with Gasteiger partial charge in [-0.1, -0.05) is 35.9 Å². The van der Waals surface area contributed by atoms with Gasteiger partial charge in [0, 0.05) is 22.7 Å². The minimum atomic E-state index is -0.265. The summed E-state index contributed by atoms with van der Waals surface area (Å²) in [7, 11) is 1.58. The number of hydrogen-bond acceptors (Lipinski definition) is 3. The molecule has 0 fully saturated rings. The molecule has 140 valence electrons. The summed E-state index contributed by atoms with van der Waals surface area (Å²) in [6, 6.07) is 17.9. The highest BCUT2D eigenvalue weighted by Gasteiger charge is 2.27. The van der Waals surface area contributed by atoms with Crippen LogP contribution in [0.4, 0.5) is 5.69 Å². The number of ether oxygens (including phenoxy) is 1. The Labute approximate surface area is 167 Å². The van der Waals surface area contributed by atoms with E-state index in [4.69, 9.17) is 16.3 Å². The van der Waals surface area contributed by atoms with Crippen molar-refractivity contribution in [3.63, 3.8) is 0 Å². The number of fused-ring (bicyclic) bond motifs is 1. The van der Waals surface area contributed by atoms with Crippen LogP contribution in [0, 0.1) is 0 Å². The highest BCUT2D eigenvalue weighted by molar-refractivity contribution is 6.30. The molecule has 0 unspecified atom stereocenters. The van der Waals surface area contributed by atoms with E-state index in [-0.39, 0.29) is 11.8 Å². The molecule has 4 rings (SSSR count). The lowest BCUT2D eigenvalue weighted by Crippen LogP contribution is -2.17. The highest BCUT2D eigenvalue weighted by atomic mass is 35.5. The zero-order chi connectivity index (χ0) is 19.7. The number of hydrogen-bond donors (Lipinski definition) is 2. The molecular formula is C22H17ClN2O3. The Morgan fingerprint density at radius 3 is 2.57 bits per heavy atom. The molecule has 1 aliphatic rings. The number of anilines is 1. The van der Waals surface area contributed by atoms with E-state index in [1.807, 2.05) is 18.2 Å². The van der Waals surface area contributed by atoms with Crippen molar-refractivity contribution in [2.24, 2.45) is 0 Å². The smallest absolute Gasteiger partial charge is 0.255 e. The molecule has 1 heterocycles. The molecule has 0 atom stereocenters. The number of carbonyl (C=O) groups excluding carboxylic acids is 2. The summed E-state index contributed by atoms with van der Waals surface area (Å²) in [4.78, 5) is 25.0. The van der Waals surface area contributed by atoms with Crippen molar-refractivity contribution in [2.75, 3.05) is 12.4 Å². The number of rotatable bonds is 4. The minimum Gasteiger partial charge on any atom is -0.496 e. The third-order valence-corrected chi connectivity index (χ3v) is 4.94. The quantitative estimate of drug-likeness (QED) is 0.686. The molecule has 5 nitrogen and oxygen atoms in total. The number of halogens is 1. The lowest BCUT2D eigenvalue weighted by atomic mass is 9.95. The van der Waals surface area contributed by atoms with Crippen molar-refractivity contribution < 1.29 is 14.3 Å². The van der Waals surface area contributed by atoms with E-state index in [0.717, 1.165) is 16.7 Å². The summed E-state index contributed by atoms with van der Waals surface area (Å²) in [5.74, 6) is 0.141. The molecule has 0 radical (unpaired) electrons. The molecule has 0 aliphatic carbocycles. The van der Waals surface area contributed by atoms with Crippen LogP contribution in [0.2, 0.25) is 5.02 Å². The summed E-state index contributed by atoms with van der Waals surface area (Å²) in [6.07, 6.45) is 0. The van der Waals surface area contributed by atoms with Crippen molar-refractivity contribution in [3.05, 3.63) is 82.4 Å². The fraction of sp³-hybridized carbons (Fsp3) is 0.0909. The molecular weight excluding hydrogens is 376 g/mol. The van der Waals surface area contributed by atoms with Crippen LogP contribution in [0.15, 0.2) is 60.7 Å². The average Bonchev–Trinajstić information content (AvgIpc) is 3.11. The van der Waals surface area contributed by atoms with E-state index in [0.29, 0.717) is 34.1 Å². The number of methoxy groups -OCH3 is 1. The second-order valence-corrected chi connectivity index (χ2v) is 6.80. The average molecular weight is 393 g/mol. The number of benzene rings is 3. The number of nitrogens with one attached hydrogen (secondary N) is 2. The second-order valence-electron chi connectivity index (χ2n) is 6.36. The van der Waals surface area contributed by atoms with E-state index in [9.17, 15) is 9.59 Å². The third kappa shape index (κ3) is 3.21. The van der Waals surface area contributed by atoms with Gasteiger partial charge in [0.05, 0.1) is 18.4 Å².